The van der Waals surface area contributed by atoms with E-state index in [0.29, 0.717) is 11.6 Å². The molecule has 0 aliphatic carbocycles. The van der Waals surface area contributed by atoms with E-state index in [4.69, 9.17) is 16.3 Å². The molecule has 27 heavy (non-hydrogen) atoms. The maximum atomic E-state index is 12.9. The van der Waals surface area contributed by atoms with Crippen LogP contribution in [0.1, 0.15) is 11.1 Å². The summed E-state index contributed by atoms with van der Waals surface area (Å²) in [7, 11) is 1.32. The van der Waals surface area contributed by atoms with E-state index < -0.39 is 5.97 Å². The van der Waals surface area contributed by atoms with Gasteiger partial charge in [-0.05, 0) is 34.0 Å². The van der Waals surface area contributed by atoms with Crippen LogP contribution in [-0.4, -0.2) is 30.4 Å². The molecule has 0 aliphatic rings. The zero-order valence-electron chi connectivity index (χ0n) is 15.0. The Hall–Kier alpha value is -2.85. The lowest BCUT2D eigenvalue weighted by atomic mass is 10.0. The highest BCUT2D eigenvalue weighted by atomic mass is 35.5. The topological polar surface area (TPSA) is 46.6 Å². The summed E-state index contributed by atoms with van der Waals surface area (Å²) in [5, 5.41) is 2.84. The molecule has 0 bridgehead atoms. The number of hydrogen-bond acceptors (Lipinski definition) is 3. The zero-order valence-corrected chi connectivity index (χ0v) is 15.8. The zero-order chi connectivity index (χ0) is 19.2. The minimum atomic E-state index is -0.448. The van der Waals surface area contributed by atoms with Crippen LogP contribution in [0.5, 0.6) is 0 Å². The fraction of sp³-hybridized carbons (Fsp3) is 0.182. The molecule has 0 unspecified atom stereocenters. The number of hydrogen-bond donors (Lipinski definition) is 0. The number of amides is 1. The monoisotopic (exact) mass is 381 g/mol. The molecule has 0 aliphatic heterocycles. The van der Waals surface area contributed by atoms with Gasteiger partial charge in [-0.1, -0.05) is 66.2 Å². The molecule has 0 spiro atoms. The highest BCUT2D eigenvalue weighted by Gasteiger charge is 2.18. The molecule has 0 aromatic heterocycles. The van der Waals surface area contributed by atoms with E-state index in [1.165, 1.54) is 12.0 Å². The third kappa shape index (κ3) is 5.08. The Morgan fingerprint density at radius 2 is 1.59 bits per heavy atom. The van der Waals surface area contributed by atoms with Crippen LogP contribution in [0, 0.1) is 0 Å². The van der Waals surface area contributed by atoms with Crippen molar-refractivity contribution >= 4 is 34.2 Å². The van der Waals surface area contributed by atoms with Crippen LogP contribution in [0.3, 0.4) is 0 Å². The van der Waals surface area contributed by atoms with Crippen molar-refractivity contribution in [1.82, 2.24) is 4.90 Å². The van der Waals surface area contributed by atoms with E-state index >= 15 is 0 Å². The third-order valence-electron chi connectivity index (χ3n) is 4.36. The first kappa shape index (κ1) is 18.9. The van der Waals surface area contributed by atoms with Crippen LogP contribution in [0.15, 0.2) is 66.7 Å². The van der Waals surface area contributed by atoms with Gasteiger partial charge < -0.3 is 9.64 Å². The van der Waals surface area contributed by atoms with Crippen molar-refractivity contribution in [2.75, 3.05) is 13.7 Å². The van der Waals surface area contributed by atoms with Gasteiger partial charge in [0, 0.05) is 11.6 Å². The van der Waals surface area contributed by atoms with E-state index in [0.717, 1.165) is 21.9 Å². The summed E-state index contributed by atoms with van der Waals surface area (Å²) in [5.41, 5.74) is 1.81. The van der Waals surface area contributed by atoms with Crippen molar-refractivity contribution in [2.24, 2.45) is 0 Å². The summed E-state index contributed by atoms with van der Waals surface area (Å²) in [6, 6.07) is 21.2. The molecule has 0 radical (unpaired) electrons. The molecule has 0 N–H and O–H groups in total. The first-order chi connectivity index (χ1) is 13.0. The summed E-state index contributed by atoms with van der Waals surface area (Å²) in [5.74, 6) is -0.582. The van der Waals surface area contributed by atoms with Crippen LogP contribution in [0.25, 0.3) is 10.8 Å². The molecule has 0 heterocycles. The van der Waals surface area contributed by atoms with E-state index in [1.807, 2.05) is 54.6 Å². The largest absolute Gasteiger partial charge is 0.468 e. The van der Waals surface area contributed by atoms with Crippen molar-refractivity contribution in [2.45, 2.75) is 13.0 Å². The first-order valence-electron chi connectivity index (χ1n) is 8.62. The Balaban J connectivity index is 1.78. The van der Waals surface area contributed by atoms with Crippen LogP contribution in [0.2, 0.25) is 5.02 Å². The molecule has 0 saturated carbocycles. The fourth-order valence-corrected chi connectivity index (χ4v) is 3.02. The number of carbonyl (C=O) groups excluding carboxylic acids is 2. The summed E-state index contributed by atoms with van der Waals surface area (Å²) in [4.78, 5) is 26.1. The van der Waals surface area contributed by atoms with Crippen LogP contribution < -0.4 is 0 Å². The SMILES string of the molecule is COC(=O)CN(Cc1ccc(Cl)cc1)C(=O)Cc1ccc2ccccc2c1. The fourth-order valence-electron chi connectivity index (χ4n) is 2.90. The Labute approximate surface area is 163 Å². The second-order valence-corrected chi connectivity index (χ2v) is 6.75. The Morgan fingerprint density at radius 1 is 0.926 bits per heavy atom. The number of rotatable bonds is 6. The first-order valence-corrected chi connectivity index (χ1v) is 8.99. The van der Waals surface area contributed by atoms with Crippen LogP contribution >= 0.6 is 11.6 Å². The summed E-state index contributed by atoms with van der Waals surface area (Å²) in [6.45, 7) is 0.226. The quantitative estimate of drug-likeness (QED) is 0.600. The van der Waals surface area contributed by atoms with Gasteiger partial charge in [0.1, 0.15) is 6.54 Å². The molecular weight excluding hydrogens is 362 g/mol. The summed E-state index contributed by atoms with van der Waals surface area (Å²) < 4.78 is 4.74. The number of esters is 1. The lowest BCUT2D eigenvalue weighted by molar-refractivity contribution is -0.147. The molecule has 0 atom stereocenters. The number of methoxy groups -OCH3 is 1. The number of carbonyl (C=O) groups is 2. The van der Waals surface area contributed by atoms with E-state index in [9.17, 15) is 9.59 Å². The lowest BCUT2D eigenvalue weighted by Gasteiger charge is -2.22. The Bertz CT molecular complexity index is 953. The van der Waals surface area contributed by atoms with Gasteiger partial charge in [0.15, 0.2) is 0 Å². The number of benzene rings is 3. The summed E-state index contributed by atoms with van der Waals surface area (Å²) in [6.07, 6.45) is 0.218. The van der Waals surface area contributed by atoms with E-state index in [1.54, 1.807) is 12.1 Å². The second-order valence-electron chi connectivity index (χ2n) is 6.31. The van der Waals surface area contributed by atoms with Gasteiger partial charge in [-0.3, -0.25) is 9.59 Å². The molecule has 0 saturated heterocycles. The van der Waals surface area contributed by atoms with E-state index in [2.05, 4.69) is 0 Å². The predicted octanol–water partition coefficient (Wildman–Crippen LogP) is 4.24. The van der Waals surface area contributed by atoms with Gasteiger partial charge in [-0.25, -0.2) is 0 Å². The smallest absolute Gasteiger partial charge is 0.325 e. The normalized spacial score (nSPS) is 10.6. The average Bonchev–Trinajstić information content (AvgIpc) is 2.68. The van der Waals surface area contributed by atoms with Crippen molar-refractivity contribution in [3.8, 4) is 0 Å². The van der Waals surface area contributed by atoms with Gasteiger partial charge in [-0.2, -0.15) is 0 Å². The predicted molar refractivity (Wildman–Crippen MR) is 107 cm³/mol. The van der Waals surface area contributed by atoms with Gasteiger partial charge >= 0.3 is 5.97 Å². The van der Waals surface area contributed by atoms with Crippen LogP contribution in [-0.2, 0) is 27.3 Å². The number of nitrogens with zero attached hydrogens (tertiary/aromatic N) is 1. The highest BCUT2D eigenvalue weighted by molar-refractivity contribution is 6.30. The van der Waals surface area contributed by atoms with E-state index in [-0.39, 0.29) is 18.9 Å². The lowest BCUT2D eigenvalue weighted by Crippen LogP contribution is -2.36. The molecule has 3 aromatic rings. The number of fused-ring (bicyclic) bond motifs is 1. The third-order valence-corrected chi connectivity index (χ3v) is 4.61. The molecule has 138 valence electrons. The molecule has 3 rings (SSSR count). The molecule has 5 heteroatoms. The molecule has 3 aromatic carbocycles. The van der Waals surface area contributed by atoms with Crippen molar-refractivity contribution in [1.29, 1.82) is 0 Å². The second kappa shape index (κ2) is 8.69. The van der Waals surface area contributed by atoms with Crippen molar-refractivity contribution in [3.05, 3.63) is 82.9 Å². The van der Waals surface area contributed by atoms with Gasteiger partial charge in [-0.15, -0.1) is 0 Å². The Kier molecular flexibility index (Phi) is 6.09. The molecule has 1 amide bonds. The van der Waals surface area contributed by atoms with Gasteiger partial charge in [0.2, 0.25) is 5.91 Å². The maximum absolute atomic E-state index is 12.9. The van der Waals surface area contributed by atoms with Crippen molar-refractivity contribution < 1.29 is 14.3 Å². The summed E-state index contributed by atoms with van der Waals surface area (Å²) >= 11 is 5.92. The van der Waals surface area contributed by atoms with Gasteiger partial charge in [0.25, 0.3) is 0 Å². The number of ether oxygens (including phenoxy) is 1. The number of halogens is 1. The average molecular weight is 382 g/mol. The molecular formula is C22H20ClNO3. The molecule has 4 nitrogen and oxygen atoms in total. The maximum Gasteiger partial charge on any atom is 0.325 e. The van der Waals surface area contributed by atoms with Crippen LogP contribution in [0.4, 0.5) is 0 Å². The minimum absolute atomic E-state index is 0.0917. The van der Waals surface area contributed by atoms with Gasteiger partial charge in [0.05, 0.1) is 13.5 Å². The Morgan fingerprint density at radius 3 is 2.30 bits per heavy atom. The molecule has 0 fully saturated rings. The van der Waals surface area contributed by atoms with Crippen molar-refractivity contribution in [3.63, 3.8) is 0 Å². The standard InChI is InChI=1S/C22H20ClNO3/c1-27-22(26)15-24(14-16-7-10-20(23)11-8-16)21(25)13-17-6-9-18-4-2-3-5-19(18)12-17/h2-12H,13-15H2,1H3. The minimum Gasteiger partial charge on any atom is -0.468 e. The highest BCUT2D eigenvalue weighted by Crippen LogP contribution is 2.17.